The lowest BCUT2D eigenvalue weighted by Gasteiger charge is -2.27. The van der Waals surface area contributed by atoms with Crippen LogP contribution in [0.3, 0.4) is 0 Å². The molecule has 1 aliphatic heterocycles. The van der Waals surface area contributed by atoms with Gasteiger partial charge in [-0.3, -0.25) is 9.79 Å². The van der Waals surface area contributed by atoms with E-state index < -0.39 is 0 Å². The first kappa shape index (κ1) is 18.5. The van der Waals surface area contributed by atoms with Crippen LogP contribution in [0.25, 0.3) is 0 Å². The van der Waals surface area contributed by atoms with E-state index in [0.717, 1.165) is 38.9 Å². The van der Waals surface area contributed by atoms with Crippen molar-refractivity contribution < 1.29 is 4.79 Å². The summed E-state index contributed by atoms with van der Waals surface area (Å²) < 4.78 is 0. The van der Waals surface area contributed by atoms with Gasteiger partial charge in [0.25, 0.3) is 0 Å². The molecule has 138 valence electrons. The molecule has 1 amide bonds. The molecule has 1 aromatic carbocycles. The number of rotatable bonds is 6. The Labute approximate surface area is 159 Å². The van der Waals surface area contributed by atoms with Crippen LogP contribution in [0.1, 0.15) is 22.4 Å². The number of hydrogen-bond acceptors (Lipinski definition) is 3. The van der Waals surface area contributed by atoms with Crippen molar-refractivity contribution in [3.63, 3.8) is 0 Å². The lowest BCUT2D eigenvalue weighted by Crippen LogP contribution is -2.46. The molecular formula is C20H26N4OS. The predicted octanol–water partition coefficient (Wildman–Crippen LogP) is 2.43. The van der Waals surface area contributed by atoms with Gasteiger partial charge in [-0.2, -0.15) is 0 Å². The third kappa shape index (κ3) is 5.08. The van der Waals surface area contributed by atoms with Crippen molar-refractivity contribution in [2.75, 3.05) is 26.7 Å². The van der Waals surface area contributed by atoms with E-state index in [1.165, 1.54) is 16.0 Å². The molecule has 0 fully saturated rings. The predicted molar refractivity (Wildman–Crippen MR) is 108 cm³/mol. The fourth-order valence-electron chi connectivity index (χ4n) is 3.10. The van der Waals surface area contributed by atoms with Crippen molar-refractivity contribution in [2.24, 2.45) is 4.99 Å². The number of nitrogens with zero attached hydrogens (tertiary/aromatic N) is 2. The van der Waals surface area contributed by atoms with Gasteiger partial charge in [-0.15, -0.1) is 11.3 Å². The normalized spacial score (nSPS) is 14.0. The topological polar surface area (TPSA) is 56.7 Å². The third-order valence-electron chi connectivity index (χ3n) is 4.57. The Bertz CT molecular complexity index is 741. The molecule has 1 aromatic heterocycles. The van der Waals surface area contributed by atoms with Crippen molar-refractivity contribution >= 4 is 23.2 Å². The van der Waals surface area contributed by atoms with Crippen molar-refractivity contribution in [3.8, 4) is 0 Å². The average Bonchev–Trinajstić information content (AvgIpc) is 3.16. The van der Waals surface area contributed by atoms with E-state index in [0.29, 0.717) is 5.96 Å². The van der Waals surface area contributed by atoms with Crippen LogP contribution in [0.15, 0.2) is 46.8 Å². The van der Waals surface area contributed by atoms with E-state index in [4.69, 9.17) is 0 Å². The Hall–Kier alpha value is -2.34. The van der Waals surface area contributed by atoms with Gasteiger partial charge in [0.05, 0.1) is 6.54 Å². The van der Waals surface area contributed by atoms with Gasteiger partial charge >= 0.3 is 0 Å². The maximum Gasteiger partial charge on any atom is 0.242 e. The van der Waals surface area contributed by atoms with E-state index in [1.54, 1.807) is 18.4 Å². The second-order valence-corrected chi connectivity index (χ2v) is 7.38. The van der Waals surface area contributed by atoms with Crippen LogP contribution in [0.4, 0.5) is 0 Å². The monoisotopic (exact) mass is 370 g/mol. The Morgan fingerprint density at radius 1 is 1.23 bits per heavy atom. The standard InChI is InChI=1S/C20H26N4OS/c1-21-20(22-11-5-8-16-6-3-2-4-7-16)23-14-19(25)24-12-9-18-17(15-24)10-13-26-18/h2-4,6-7,10,13H,5,8-9,11-12,14-15H2,1H3,(H2,21,22,23). The van der Waals surface area contributed by atoms with Gasteiger partial charge < -0.3 is 15.5 Å². The maximum absolute atomic E-state index is 12.4. The summed E-state index contributed by atoms with van der Waals surface area (Å²) in [5.74, 6) is 0.800. The molecule has 5 nitrogen and oxygen atoms in total. The Morgan fingerprint density at radius 2 is 2.08 bits per heavy atom. The second kappa shape index (κ2) is 9.38. The van der Waals surface area contributed by atoms with E-state index >= 15 is 0 Å². The summed E-state index contributed by atoms with van der Waals surface area (Å²) in [7, 11) is 1.73. The Balaban J connectivity index is 1.36. The molecule has 2 aromatic rings. The van der Waals surface area contributed by atoms with Gasteiger partial charge in [-0.25, -0.2) is 0 Å². The lowest BCUT2D eigenvalue weighted by molar-refractivity contribution is -0.130. The molecule has 0 aliphatic carbocycles. The maximum atomic E-state index is 12.4. The zero-order valence-corrected chi connectivity index (χ0v) is 16.0. The minimum atomic E-state index is 0.120. The highest BCUT2D eigenvalue weighted by Crippen LogP contribution is 2.23. The zero-order valence-electron chi connectivity index (χ0n) is 15.2. The van der Waals surface area contributed by atoms with Gasteiger partial charge in [0.2, 0.25) is 5.91 Å². The molecule has 0 atom stereocenters. The molecule has 0 saturated heterocycles. The molecule has 26 heavy (non-hydrogen) atoms. The summed E-state index contributed by atoms with van der Waals surface area (Å²) in [5, 5.41) is 8.52. The van der Waals surface area contributed by atoms with Gasteiger partial charge in [-0.05, 0) is 41.8 Å². The van der Waals surface area contributed by atoms with Crippen LogP contribution in [0.5, 0.6) is 0 Å². The molecule has 0 spiro atoms. The average molecular weight is 371 g/mol. The molecule has 3 rings (SSSR count). The molecule has 0 saturated carbocycles. The quantitative estimate of drug-likeness (QED) is 0.466. The number of amides is 1. The number of benzene rings is 1. The zero-order chi connectivity index (χ0) is 18.2. The fourth-order valence-corrected chi connectivity index (χ4v) is 3.99. The highest BCUT2D eigenvalue weighted by Gasteiger charge is 2.21. The van der Waals surface area contributed by atoms with Crippen LogP contribution < -0.4 is 10.6 Å². The van der Waals surface area contributed by atoms with E-state index in [-0.39, 0.29) is 12.5 Å². The summed E-state index contributed by atoms with van der Waals surface area (Å²) in [5.41, 5.74) is 2.63. The minimum absolute atomic E-state index is 0.120. The van der Waals surface area contributed by atoms with Crippen LogP contribution in [0.2, 0.25) is 0 Å². The number of fused-ring (bicyclic) bond motifs is 1. The van der Waals surface area contributed by atoms with Gasteiger partial charge in [0, 0.05) is 31.6 Å². The number of carbonyl (C=O) groups is 1. The van der Waals surface area contributed by atoms with Crippen LogP contribution in [-0.4, -0.2) is 43.4 Å². The fraction of sp³-hybridized carbons (Fsp3) is 0.400. The molecule has 0 unspecified atom stereocenters. The molecule has 0 radical (unpaired) electrons. The number of aryl methyl sites for hydroxylation is 1. The molecule has 1 aliphatic rings. The number of aliphatic imine (C=N–C) groups is 1. The number of carbonyl (C=O) groups excluding carboxylic acids is 1. The van der Waals surface area contributed by atoms with Crippen LogP contribution in [0, 0.1) is 0 Å². The van der Waals surface area contributed by atoms with E-state index in [9.17, 15) is 4.79 Å². The first-order valence-electron chi connectivity index (χ1n) is 9.07. The van der Waals surface area contributed by atoms with E-state index in [2.05, 4.69) is 51.3 Å². The lowest BCUT2D eigenvalue weighted by atomic mass is 10.1. The minimum Gasteiger partial charge on any atom is -0.356 e. The molecule has 2 heterocycles. The summed E-state index contributed by atoms with van der Waals surface area (Å²) in [4.78, 5) is 20.0. The van der Waals surface area contributed by atoms with Gasteiger partial charge in [-0.1, -0.05) is 30.3 Å². The highest BCUT2D eigenvalue weighted by atomic mass is 32.1. The van der Waals surface area contributed by atoms with Crippen LogP contribution >= 0.6 is 11.3 Å². The number of nitrogens with one attached hydrogen (secondary N) is 2. The molecule has 6 heteroatoms. The summed E-state index contributed by atoms with van der Waals surface area (Å²) in [6.07, 6.45) is 3.01. The van der Waals surface area contributed by atoms with Crippen molar-refractivity contribution in [1.82, 2.24) is 15.5 Å². The van der Waals surface area contributed by atoms with E-state index in [1.807, 2.05) is 11.0 Å². The first-order chi connectivity index (χ1) is 12.8. The number of hydrogen-bond donors (Lipinski definition) is 2. The molecule has 0 bridgehead atoms. The summed E-state index contributed by atoms with van der Waals surface area (Å²) in [6, 6.07) is 12.6. The molecule has 2 N–H and O–H groups in total. The summed E-state index contributed by atoms with van der Waals surface area (Å²) in [6.45, 7) is 2.63. The van der Waals surface area contributed by atoms with Gasteiger partial charge in [0.1, 0.15) is 0 Å². The number of thiophene rings is 1. The van der Waals surface area contributed by atoms with Crippen molar-refractivity contribution in [3.05, 3.63) is 57.8 Å². The SMILES string of the molecule is CN=C(NCCCc1ccccc1)NCC(=O)N1CCc2sccc2C1. The highest BCUT2D eigenvalue weighted by molar-refractivity contribution is 7.10. The second-order valence-electron chi connectivity index (χ2n) is 6.38. The summed E-state index contributed by atoms with van der Waals surface area (Å²) >= 11 is 1.79. The first-order valence-corrected chi connectivity index (χ1v) is 9.95. The Morgan fingerprint density at radius 3 is 2.88 bits per heavy atom. The smallest absolute Gasteiger partial charge is 0.242 e. The van der Waals surface area contributed by atoms with Gasteiger partial charge in [0.15, 0.2) is 5.96 Å². The van der Waals surface area contributed by atoms with Crippen LogP contribution in [-0.2, 0) is 24.2 Å². The van der Waals surface area contributed by atoms with Crippen molar-refractivity contribution in [1.29, 1.82) is 0 Å². The number of guanidine groups is 1. The molecular weight excluding hydrogens is 344 g/mol. The largest absolute Gasteiger partial charge is 0.356 e. The Kier molecular flexibility index (Phi) is 6.66. The van der Waals surface area contributed by atoms with Crippen molar-refractivity contribution in [2.45, 2.75) is 25.8 Å². The third-order valence-corrected chi connectivity index (χ3v) is 5.59.